The van der Waals surface area contributed by atoms with E-state index in [1.54, 1.807) is 18.4 Å². The first-order valence-electron chi connectivity index (χ1n) is 8.08. The van der Waals surface area contributed by atoms with Crippen LogP contribution in [-0.2, 0) is 16.2 Å². The smallest absolute Gasteiger partial charge is 0.298 e. The van der Waals surface area contributed by atoms with Crippen LogP contribution in [0.15, 0.2) is 58.9 Å². The lowest BCUT2D eigenvalue weighted by atomic mass is 10.1. The van der Waals surface area contributed by atoms with Gasteiger partial charge in [-0.1, -0.05) is 6.07 Å². The number of hydrogen-bond donors (Lipinski definition) is 2. The van der Waals surface area contributed by atoms with E-state index >= 15 is 0 Å². The Morgan fingerprint density at radius 1 is 1.10 bits per heavy atom. The normalized spacial score (nSPS) is 11.9. The number of aryl methyl sites for hydroxylation is 1. The van der Waals surface area contributed by atoms with E-state index in [0.29, 0.717) is 22.8 Å². The fourth-order valence-electron chi connectivity index (χ4n) is 2.42. The SMILES string of the molecule is Cc1ccc(C(=O)Nc2nccs2)c(NS(=O)(=O)c2ccc(C(F)(F)F)cc2)c1. The second-order valence-corrected chi connectivity index (χ2v) is 8.55. The zero-order valence-electron chi connectivity index (χ0n) is 14.8. The molecule has 0 unspecified atom stereocenters. The van der Waals surface area contributed by atoms with E-state index in [1.807, 2.05) is 0 Å². The van der Waals surface area contributed by atoms with Gasteiger partial charge < -0.3 is 0 Å². The van der Waals surface area contributed by atoms with Gasteiger partial charge in [-0.2, -0.15) is 13.2 Å². The van der Waals surface area contributed by atoms with Crippen LogP contribution in [0.1, 0.15) is 21.5 Å². The van der Waals surface area contributed by atoms with Crippen molar-refractivity contribution in [2.24, 2.45) is 0 Å². The molecule has 152 valence electrons. The van der Waals surface area contributed by atoms with Crippen LogP contribution >= 0.6 is 11.3 Å². The lowest BCUT2D eigenvalue weighted by molar-refractivity contribution is -0.137. The number of alkyl halides is 3. The van der Waals surface area contributed by atoms with Gasteiger partial charge >= 0.3 is 6.18 Å². The highest BCUT2D eigenvalue weighted by Gasteiger charge is 2.30. The molecule has 11 heteroatoms. The van der Waals surface area contributed by atoms with Gasteiger partial charge in [0.1, 0.15) is 0 Å². The Hall–Kier alpha value is -2.92. The van der Waals surface area contributed by atoms with Crippen molar-refractivity contribution in [3.63, 3.8) is 0 Å². The molecule has 0 atom stereocenters. The summed E-state index contributed by atoms with van der Waals surface area (Å²) in [5.41, 5.74) is -0.239. The minimum Gasteiger partial charge on any atom is -0.298 e. The number of aromatic nitrogens is 1. The molecule has 6 nitrogen and oxygen atoms in total. The molecule has 0 fully saturated rings. The van der Waals surface area contributed by atoms with Gasteiger partial charge in [-0.25, -0.2) is 13.4 Å². The molecule has 2 aromatic carbocycles. The minimum atomic E-state index is -4.58. The highest BCUT2D eigenvalue weighted by Crippen LogP contribution is 2.30. The summed E-state index contributed by atoms with van der Waals surface area (Å²) in [6.45, 7) is 1.71. The van der Waals surface area contributed by atoms with Gasteiger partial charge in [0.15, 0.2) is 5.13 Å². The van der Waals surface area contributed by atoms with E-state index < -0.39 is 27.7 Å². The van der Waals surface area contributed by atoms with Crippen molar-refractivity contribution in [1.82, 2.24) is 4.98 Å². The maximum absolute atomic E-state index is 12.7. The maximum Gasteiger partial charge on any atom is 0.416 e. The summed E-state index contributed by atoms with van der Waals surface area (Å²) in [5, 5.41) is 4.56. The van der Waals surface area contributed by atoms with Crippen LogP contribution in [0.4, 0.5) is 24.0 Å². The largest absolute Gasteiger partial charge is 0.416 e. The fourth-order valence-corrected chi connectivity index (χ4v) is 4.01. The maximum atomic E-state index is 12.7. The number of carbonyl (C=O) groups is 1. The molecule has 2 N–H and O–H groups in total. The van der Waals surface area contributed by atoms with E-state index in [0.717, 1.165) is 12.1 Å². The lowest BCUT2D eigenvalue weighted by Gasteiger charge is -2.14. The summed E-state index contributed by atoms with van der Waals surface area (Å²) >= 11 is 1.19. The molecule has 1 aromatic heterocycles. The molecule has 29 heavy (non-hydrogen) atoms. The third kappa shape index (κ3) is 4.93. The van der Waals surface area contributed by atoms with E-state index in [1.165, 1.54) is 29.7 Å². The van der Waals surface area contributed by atoms with Gasteiger partial charge in [-0.05, 0) is 48.9 Å². The number of nitrogens with zero attached hydrogens (tertiary/aromatic N) is 1. The molecular formula is C18H14F3N3O3S2. The van der Waals surface area contributed by atoms with Gasteiger partial charge in [0.25, 0.3) is 15.9 Å². The summed E-state index contributed by atoms with van der Waals surface area (Å²) in [6.07, 6.45) is -3.07. The number of hydrogen-bond acceptors (Lipinski definition) is 5. The second-order valence-electron chi connectivity index (χ2n) is 5.97. The van der Waals surface area contributed by atoms with Crippen LogP contribution < -0.4 is 10.0 Å². The predicted octanol–water partition coefficient (Wildman–Crippen LogP) is 4.52. The molecule has 0 aliphatic carbocycles. The number of halogens is 3. The summed E-state index contributed by atoms with van der Waals surface area (Å²) in [5.74, 6) is -0.579. The van der Waals surface area contributed by atoms with Gasteiger partial charge in [-0.15, -0.1) is 11.3 Å². The number of rotatable bonds is 5. The Morgan fingerprint density at radius 3 is 2.38 bits per heavy atom. The van der Waals surface area contributed by atoms with Crippen LogP contribution in [0.3, 0.4) is 0 Å². The first kappa shape index (κ1) is 20.8. The molecule has 3 rings (SSSR count). The highest BCUT2D eigenvalue weighted by atomic mass is 32.2. The number of thiazole rings is 1. The van der Waals surface area contributed by atoms with Crippen molar-refractivity contribution < 1.29 is 26.4 Å². The zero-order valence-corrected chi connectivity index (χ0v) is 16.5. The van der Waals surface area contributed by atoms with Gasteiger partial charge in [-0.3, -0.25) is 14.8 Å². The third-order valence-electron chi connectivity index (χ3n) is 3.81. The van der Waals surface area contributed by atoms with Crippen LogP contribution in [-0.4, -0.2) is 19.3 Å². The Bertz CT molecular complexity index is 1130. The van der Waals surface area contributed by atoms with Crippen LogP contribution in [0.25, 0.3) is 0 Å². The molecule has 0 saturated heterocycles. The average Bonchev–Trinajstić information content (AvgIpc) is 3.14. The van der Waals surface area contributed by atoms with Gasteiger partial charge in [0.2, 0.25) is 0 Å². The molecule has 0 aliphatic heterocycles. The molecule has 0 aliphatic rings. The molecule has 1 amide bonds. The van der Waals surface area contributed by atoms with Gasteiger partial charge in [0.05, 0.1) is 21.7 Å². The van der Waals surface area contributed by atoms with E-state index in [-0.39, 0.29) is 16.1 Å². The number of amides is 1. The molecule has 3 aromatic rings. The monoisotopic (exact) mass is 441 g/mol. The Balaban J connectivity index is 1.90. The molecule has 0 bridgehead atoms. The van der Waals surface area contributed by atoms with E-state index in [2.05, 4.69) is 15.0 Å². The van der Waals surface area contributed by atoms with Crippen LogP contribution in [0.2, 0.25) is 0 Å². The van der Waals surface area contributed by atoms with Crippen molar-refractivity contribution in [3.05, 3.63) is 70.7 Å². The second kappa shape index (κ2) is 7.84. The molecular weight excluding hydrogens is 427 g/mol. The minimum absolute atomic E-state index is 0.000968. The average molecular weight is 441 g/mol. The first-order valence-corrected chi connectivity index (χ1v) is 10.4. The summed E-state index contributed by atoms with van der Waals surface area (Å²) < 4.78 is 65.6. The standard InChI is InChI=1S/C18H14F3N3O3S2/c1-11-2-7-14(16(25)23-17-22-8-9-28-17)15(10-11)24-29(26,27)13-5-3-12(4-6-13)18(19,20)21/h2-10,24H,1H3,(H,22,23,25). The Morgan fingerprint density at radius 2 is 1.79 bits per heavy atom. The van der Waals surface area contributed by atoms with Crippen molar-refractivity contribution in [2.45, 2.75) is 18.0 Å². The van der Waals surface area contributed by atoms with Crippen molar-refractivity contribution >= 4 is 38.1 Å². The fraction of sp³-hybridized carbons (Fsp3) is 0.111. The third-order valence-corrected chi connectivity index (χ3v) is 5.88. The summed E-state index contributed by atoms with van der Waals surface area (Å²) in [4.78, 5) is 16.1. The van der Waals surface area contributed by atoms with Crippen molar-refractivity contribution in [1.29, 1.82) is 0 Å². The van der Waals surface area contributed by atoms with Crippen molar-refractivity contribution in [2.75, 3.05) is 10.0 Å². The summed E-state index contributed by atoms with van der Waals surface area (Å²) in [7, 11) is -4.22. The lowest BCUT2D eigenvalue weighted by Crippen LogP contribution is -2.19. The van der Waals surface area contributed by atoms with Crippen molar-refractivity contribution in [3.8, 4) is 0 Å². The number of benzene rings is 2. The van der Waals surface area contributed by atoms with Crippen LogP contribution in [0.5, 0.6) is 0 Å². The summed E-state index contributed by atoms with van der Waals surface area (Å²) in [6, 6.07) is 7.61. The Kier molecular flexibility index (Phi) is 5.62. The highest BCUT2D eigenvalue weighted by molar-refractivity contribution is 7.92. The topological polar surface area (TPSA) is 88.2 Å². The zero-order chi connectivity index (χ0) is 21.2. The number of carbonyl (C=O) groups excluding carboxylic acids is 1. The molecule has 0 spiro atoms. The molecule has 0 saturated carbocycles. The van der Waals surface area contributed by atoms with Crippen LogP contribution in [0, 0.1) is 6.92 Å². The predicted molar refractivity (Wildman–Crippen MR) is 103 cm³/mol. The number of anilines is 2. The van der Waals surface area contributed by atoms with E-state index in [4.69, 9.17) is 0 Å². The Labute approximate surface area is 168 Å². The molecule has 0 radical (unpaired) electrons. The first-order chi connectivity index (χ1) is 13.6. The van der Waals surface area contributed by atoms with Gasteiger partial charge in [0, 0.05) is 11.6 Å². The number of sulfonamides is 1. The van der Waals surface area contributed by atoms with E-state index in [9.17, 15) is 26.4 Å². The quantitative estimate of drug-likeness (QED) is 0.609. The molecule has 1 heterocycles. The number of nitrogens with one attached hydrogen (secondary N) is 2.